The van der Waals surface area contributed by atoms with Gasteiger partial charge < -0.3 is 14.8 Å². The van der Waals surface area contributed by atoms with Crippen molar-refractivity contribution in [2.45, 2.75) is 57.9 Å². The molecule has 0 bridgehead atoms. The van der Waals surface area contributed by atoms with E-state index in [2.05, 4.69) is 5.32 Å². The summed E-state index contributed by atoms with van der Waals surface area (Å²) in [4.78, 5) is 27.1. The minimum Gasteiger partial charge on any atom is -0.445 e. The van der Waals surface area contributed by atoms with Crippen molar-refractivity contribution in [3.05, 3.63) is 71.8 Å². The number of hydrogen-bond donors (Lipinski definition) is 1. The lowest BCUT2D eigenvalue weighted by atomic mass is 9.90. The minimum absolute atomic E-state index is 0.200. The summed E-state index contributed by atoms with van der Waals surface area (Å²) in [6.45, 7) is 6.33. The molecule has 6 heteroatoms. The molecule has 1 N–H and O–H groups in total. The fraction of sp³-hybridized carbons (Fsp3) is 0.417. The summed E-state index contributed by atoms with van der Waals surface area (Å²) in [6, 6.07) is 18.7. The van der Waals surface area contributed by atoms with Crippen molar-refractivity contribution < 1.29 is 19.1 Å². The summed E-state index contributed by atoms with van der Waals surface area (Å²) in [5, 5.41) is 2.97. The highest BCUT2D eigenvalue weighted by molar-refractivity contribution is 5.70. The average molecular weight is 411 g/mol. The topological polar surface area (TPSA) is 67.9 Å². The van der Waals surface area contributed by atoms with Crippen LogP contribution < -0.4 is 5.32 Å². The second-order valence-corrected chi connectivity index (χ2v) is 8.48. The number of rotatable bonds is 4. The van der Waals surface area contributed by atoms with Crippen LogP contribution in [0.15, 0.2) is 60.7 Å². The third-order valence-corrected chi connectivity index (χ3v) is 4.92. The first-order chi connectivity index (χ1) is 14.3. The van der Waals surface area contributed by atoms with Gasteiger partial charge in [-0.1, -0.05) is 60.7 Å². The van der Waals surface area contributed by atoms with Crippen LogP contribution in [0, 0.1) is 0 Å². The van der Waals surface area contributed by atoms with E-state index >= 15 is 0 Å². The molecule has 0 radical (unpaired) electrons. The molecule has 1 saturated heterocycles. The lowest BCUT2D eigenvalue weighted by Crippen LogP contribution is -2.52. The lowest BCUT2D eigenvalue weighted by molar-refractivity contribution is 0.00351. The first-order valence-electron chi connectivity index (χ1n) is 10.4. The molecule has 6 nitrogen and oxygen atoms in total. The molecular weight excluding hydrogens is 380 g/mol. The monoisotopic (exact) mass is 410 g/mol. The van der Waals surface area contributed by atoms with Crippen molar-refractivity contribution >= 4 is 12.2 Å². The Hall–Kier alpha value is -3.02. The van der Waals surface area contributed by atoms with Crippen molar-refractivity contribution in [2.75, 3.05) is 6.54 Å². The third-order valence-electron chi connectivity index (χ3n) is 4.92. The number of nitrogens with zero attached hydrogens (tertiary/aromatic N) is 1. The van der Waals surface area contributed by atoms with E-state index in [-0.39, 0.29) is 24.8 Å². The quantitative estimate of drug-likeness (QED) is 0.766. The summed E-state index contributed by atoms with van der Waals surface area (Å²) >= 11 is 0. The smallest absolute Gasteiger partial charge is 0.410 e. The molecule has 2 amide bonds. The number of carbonyl (C=O) groups is 2. The van der Waals surface area contributed by atoms with Gasteiger partial charge in [0, 0.05) is 6.54 Å². The Morgan fingerprint density at radius 2 is 1.67 bits per heavy atom. The average Bonchev–Trinajstić information content (AvgIpc) is 2.72. The van der Waals surface area contributed by atoms with Crippen LogP contribution in [0.5, 0.6) is 0 Å². The molecule has 160 valence electrons. The van der Waals surface area contributed by atoms with Crippen molar-refractivity contribution in [2.24, 2.45) is 0 Å². The SMILES string of the molecule is CC(C)(C)OC(=O)N1CCC[C@H](NC(=O)OCc2ccccc2)C1c1ccccc1. The molecule has 3 rings (SSSR count). The molecule has 1 aliphatic rings. The van der Waals surface area contributed by atoms with Gasteiger partial charge in [-0.2, -0.15) is 0 Å². The van der Waals surface area contributed by atoms with E-state index < -0.39 is 11.7 Å². The normalized spacial score (nSPS) is 19.1. The van der Waals surface area contributed by atoms with Crippen molar-refractivity contribution in [1.82, 2.24) is 10.2 Å². The number of hydrogen-bond acceptors (Lipinski definition) is 4. The fourth-order valence-electron chi connectivity index (χ4n) is 3.65. The minimum atomic E-state index is -0.590. The molecule has 2 aromatic carbocycles. The Labute approximate surface area is 178 Å². The highest BCUT2D eigenvalue weighted by atomic mass is 16.6. The number of ether oxygens (including phenoxy) is 2. The molecule has 1 unspecified atom stereocenters. The predicted molar refractivity (Wildman–Crippen MR) is 115 cm³/mol. The van der Waals surface area contributed by atoms with Crippen molar-refractivity contribution in [3.63, 3.8) is 0 Å². The van der Waals surface area contributed by atoms with Crippen molar-refractivity contribution in [3.8, 4) is 0 Å². The zero-order chi connectivity index (χ0) is 21.6. The van der Waals surface area contributed by atoms with E-state index in [4.69, 9.17) is 9.47 Å². The Morgan fingerprint density at radius 1 is 1.03 bits per heavy atom. The maximum atomic E-state index is 12.9. The molecule has 2 atom stereocenters. The van der Waals surface area contributed by atoms with Crippen LogP contribution in [-0.4, -0.2) is 35.3 Å². The Morgan fingerprint density at radius 3 is 2.30 bits per heavy atom. The van der Waals surface area contributed by atoms with Gasteiger partial charge in [-0.3, -0.25) is 4.90 Å². The van der Waals surface area contributed by atoms with E-state index in [0.29, 0.717) is 6.54 Å². The molecule has 0 saturated carbocycles. The number of alkyl carbamates (subject to hydrolysis) is 1. The van der Waals surface area contributed by atoms with Gasteiger partial charge in [-0.25, -0.2) is 9.59 Å². The molecule has 1 fully saturated rings. The highest BCUT2D eigenvalue weighted by Crippen LogP contribution is 2.32. The zero-order valence-electron chi connectivity index (χ0n) is 17.8. The molecule has 1 aliphatic heterocycles. The van der Waals surface area contributed by atoms with Crippen LogP contribution >= 0.6 is 0 Å². The first-order valence-corrected chi connectivity index (χ1v) is 10.4. The zero-order valence-corrected chi connectivity index (χ0v) is 17.8. The van der Waals surface area contributed by atoms with Gasteiger partial charge in [0.1, 0.15) is 12.2 Å². The number of piperidine rings is 1. The predicted octanol–water partition coefficient (Wildman–Crippen LogP) is 5.05. The molecule has 0 spiro atoms. The summed E-state index contributed by atoms with van der Waals surface area (Å²) in [5.74, 6) is 0. The van der Waals surface area contributed by atoms with Gasteiger partial charge in [0.05, 0.1) is 12.1 Å². The fourth-order valence-corrected chi connectivity index (χ4v) is 3.65. The van der Waals surface area contributed by atoms with Gasteiger partial charge >= 0.3 is 12.2 Å². The summed E-state index contributed by atoms with van der Waals surface area (Å²) in [6.07, 6.45) is 0.655. The van der Waals surface area contributed by atoms with Crippen LogP contribution in [-0.2, 0) is 16.1 Å². The van der Waals surface area contributed by atoms with Gasteiger partial charge in [0.25, 0.3) is 0 Å². The summed E-state index contributed by atoms with van der Waals surface area (Å²) < 4.78 is 11.0. The number of carbonyl (C=O) groups excluding carboxylic acids is 2. The molecular formula is C24H30N2O4. The van der Waals surface area contributed by atoms with Crippen LogP contribution in [0.2, 0.25) is 0 Å². The van der Waals surface area contributed by atoms with Crippen LogP contribution in [0.1, 0.15) is 50.8 Å². The third kappa shape index (κ3) is 5.99. The number of nitrogens with one attached hydrogen (secondary N) is 1. The van der Waals surface area contributed by atoms with E-state index in [9.17, 15) is 9.59 Å². The number of likely N-dealkylation sites (tertiary alicyclic amines) is 1. The number of benzene rings is 2. The second kappa shape index (κ2) is 9.65. The molecule has 2 aromatic rings. The molecule has 0 aliphatic carbocycles. The van der Waals surface area contributed by atoms with Gasteiger partial charge in [0.2, 0.25) is 0 Å². The largest absolute Gasteiger partial charge is 0.445 e. The molecule has 0 aromatic heterocycles. The standard InChI is InChI=1S/C24H30N2O4/c1-24(2,3)30-23(28)26-16-10-15-20(21(26)19-13-8-5-9-14-19)25-22(27)29-17-18-11-6-4-7-12-18/h4-9,11-14,20-21H,10,15-17H2,1-3H3,(H,25,27)/t20-,21?/m0/s1. The summed E-state index contributed by atoms with van der Waals surface area (Å²) in [7, 11) is 0. The Kier molecular flexibility index (Phi) is 6.98. The van der Waals surface area contributed by atoms with Crippen LogP contribution in [0.3, 0.4) is 0 Å². The Bertz CT molecular complexity index is 833. The first kappa shape index (κ1) is 21.7. The van der Waals surface area contributed by atoms with Gasteiger partial charge in [-0.15, -0.1) is 0 Å². The lowest BCUT2D eigenvalue weighted by Gasteiger charge is -2.42. The number of amides is 2. The maximum absolute atomic E-state index is 12.9. The second-order valence-electron chi connectivity index (χ2n) is 8.48. The van der Waals surface area contributed by atoms with Crippen LogP contribution in [0.4, 0.5) is 9.59 Å². The van der Waals surface area contributed by atoms with Gasteiger partial charge in [-0.05, 0) is 44.7 Å². The van der Waals surface area contributed by atoms with E-state index in [1.54, 1.807) is 4.90 Å². The molecule has 1 heterocycles. The summed E-state index contributed by atoms with van der Waals surface area (Å²) in [5.41, 5.74) is 1.29. The van der Waals surface area contributed by atoms with E-state index in [1.165, 1.54) is 0 Å². The van der Waals surface area contributed by atoms with E-state index in [0.717, 1.165) is 24.0 Å². The maximum Gasteiger partial charge on any atom is 0.410 e. The molecule has 30 heavy (non-hydrogen) atoms. The van der Waals surface area contributed by atoms with Gasteiger partial charge in [0.15, 0.2) is 0 Å². The van der Waals surface area contributed by atoms with Crippen molar-refractivity contribution in [1.29, 1.82) is 0 Å². The Balaban J connectivity index is 1.74. The van der Waals surface area contributed by atoms with Crippen LogP contribution in [0.25, 0.3) is 0 Å². The highest BCUT2D eigenvalue weighted by Gasteiger charge is 2.38. The van der Waals surface area contributed by atoms with E-state index in [1.807, 2.05) is 81.4 Å².